The van der Waals surface area contributed by atoms with Crippen molar-refractivity contribution in [3.05, 3.63) is 0 Å². The molecule has 21 heavy (non-hydrogen) atoms. The SMILES string of the molecule is CCCC1CCC(NC(=O)CCC(CCN)C(C)C)CC1. The number of carbonyl (C=O) groups excluding carboxylic acids is 1. The summed E-state index contributed by atoms with van der Waals surface area (Å²) in [5.41, 5.74) is 5.66. The molecule has 124 valence electrons. The Morgan fingerprint density at radius 2 is 1.86 bits per heavy atom. The molecule has 0 radical (unpaired) electrons. The van der Waals surface area contributed by atoms with Crippen LogP contribution in [-0.2, 0) is 4.79 Å². The van der Waals surface area contributed by atoms with Crippen LogP contribution in [0.3, 0.4) is 0 Å². The van der Waals surface area contributed by atoms with E-state index >= 15 is 0 Å². The summed E-state index contributed by atoms with van der Waals surface area (Å²) in [4.78, 5) is 12.1. The number of hydrogen-bond acceptors (Lipinski definition) is 2. The maximum atomic E-state index is 12.1. The first-order valence-corrected chi connectivity index (χ1v) is 9.06. The fourth-order valence-electron chi connectivity index (χ4n) is 3.65. The Bertz CT molecular complexity index is 283. The third-order valence-corrected chi connectivity index (χ3v) is 5.13. The van der Waals surface area contributed by atoms with E-state index in [1.165, 1.54) is 38.5 Å². The van der Waals surface area contributed by atoms with E-state index in [0.717, 1.165) is 25.3 Å². The summed E-state index contributed by atoms with van der Waals surface area (Å²) < 4.78 is 0. The molecular formula is C18H36N2O. The van der Waals surface area contributed by atoms with Crippen LogP contribution >= 0.6 is 0 Å². The van der Waals surface area contributed by atoms with Crippen LogP contribution in [0.2, 0.25) is 0 Å². The Balaban J connectivity index is 2.22. The zero-order valence-corrected chi connectivity index (χ0v) is 14.4. The van der Waals surface area contributed by atoms with Gasteiger partial charge in [0.25, 0.3) is 0 Å². The van der Waals surface area contributed by atoms with E-state index in [2.05, 4.69) is 26.1 Å². The van der Waals surface area contributed by atoms with Gasteiger partial charge in [-0.1, -0.05) is 33.6 Å². The highest BCUT2D eigenvalue weighted by atomic mass is 16.1. The summed E-state index contributed by atoms with van der Waals surface area (Å²) in [5.74, 6) is 2.35. The number of hydrogen-bond donors (Lipinski definition) is 2. The van der Waals surface area contributed by atoms with Crippen molar-refractivity contribution in [2.24, 2.45) is 23.5 Å². The van der Waals surface area contributed by atoms with E-state index in [1.54, 1.807) is 0 Å². The number of amides is 1. The highest BCUT2D eigenvalue weighted by molar-refractivity contribution is 5.76. The molecule has 0 aromatic carbocycles. The Morgan fingerprint density at radius 3 is 2.38 bits per heavy atom. The zero-order chi connectivity index (χ0) is 15.7. The van der Waals surface area contributed by atoms with Crippen molar-refractivity contribution in [3.8, 4) is 0 Å². The predicted octanol–water partition coefficient (Wildman–Crippen LogP) is 3.86. The second-order valence-corrected chi connectivity index (χ2v) is 7.19. The van der Waals surface area contributed by atoms with Gasteiger partial charge in [-0.2, -0.15) is 0 Å². The molecule has 1 unspecified atom stereocenters. The number of nitrogens with one attached hydrogen (secondary N) is 1. The minimum absolute atomic E-state index is 0.247. The fraction of sp³-hybridized carbons (Fsp3) is 0.944. The Morgan fingerprint density at radius 1 is 1.19 bits per heavy atom. The van der Waals surface area contributed by atoms with Crippen molar-refractivity contribution >= 4 is 5.91 Å². The first-order valence-electron chi connectivity index (χ1n) is 9.06. The lowest BCUT2D eigenvalue weighted by Crippen LogP contribution is -2.37. The molecule has 0 spiro atoms. The predicted molar refractivity (Wildman–Crippen MR) is 90.0 cm³/mol. The minimum Gasteiger partial charge on any atom is -0.353 e. The molecule has 1 rings (SSSR count). The molecule has 3 nitrogen and oxygen atoms in total. The van der Waals surface area contributed by atoms with Gasteiger partial charge in [0.2, 0.25) is 5.91 Å². The lowest BCUT2D eigenvalue weighted by Gasteiger charge is -2.29. The maximum Gasteiger partial charge on any atom is 0.220 e. The second kappa shape index (κ2) is 10.2. The molecule has 1 aliphatic carbocycles. The van der Waals surface area contributed by atoms with Crippen LogP contribution < -0.4 is 11.1 Å². The normalized spacial score (nSPS) is 24.0. The molecule has 0 saturated heterocycles. The zero-order valence-electron chi connectivity index (χ0n) is 14.4. The summed E-state index contributed by atoms with van der Waals surface area (Å²) in [6, 6.07) is 0.428. The van der Waals surface area contributed by atoms with Crippen molar-refractivity contribution in [1.29, 1.82) is 0 Å². The molecule has 1 amide bonds. The van der Waals surface area contributed by atoms with Gasteiger partial charge in [-0.25, -0.2) is 0 Å². The molecular weight excluding hydrogens is 260 g/mol. The van der Waals surface area contributed by atoms with Gasteiger partial charge >= 0.3 is 0 Å². The van der Waals surface area contributed by atoms with Gasteiger partial charge in [0.1, 0.15) is 0 Å². The van der Waals surface area contributed by atoms with Gasteiger partial charge in [-0.15, -0.1) is 0 Å². The first-order chi connectivity index (χ1) is 10.1. The summed E-state index contributed by atoms with van der Waals surface area (Å²) in [7, 11) is 0. The topological polar surface area (TPSA) is 55.1 Å². The van der Waals surface area contributed by atoms with Gasteiger partial charge in [0.05, 0.1) is 0 Å². The van der Waals surface area contributed by atoms with E-state index in [-0.39, 0.29) is 5.91 Å². The van der Waals surface area contributed by atoms with E-state index in [4.69, 9.17) is 5.73 Å². The third kappa shape index (κ3) is 7.30. The maximum absolute atomic E-state index is 12.1. The average Bonchev–Trinajstić information content (AvgIpc) is 2.45. The van der Waals surface area contributed by atoms with Crippen LogP contribution in [0.1, 0.15) is 78.6 Å². The monoisotopic (exact) mass is 296 g/mol. The van der Waals surface area contributed by atoms with Crippen LogP contribution in [0.25, 0.3) is 0 Å². The minimum atomic E-state index is 0.247. The first kappa shape index (κ1) is 18.5. The largest absolute Gasteiger partial charge is 0.353 e. The van der Waals surface area contributed by atoms with E-state index in [1.807, 2.05) is 0 Å². The molecule has 0 aromatic heterocycles. The van der Waals surface area contributed by atoms with Gasteiger partial charge in [0, 0.05) is 12.5 Å². The lowest BCUT2D eigenvalue weighted by atomic mass is 9.83. The molecule has 0 aliphatic heterocycles. The van der Waals surface area contributed by atoms with Crippen LogP contribution in [0.5, 0.6) is 0 Å². The molecule has 3 heteroatoms. The molecule has 1 atom stereocenters. The van der Waals surface area contributed by atoms with Gasteiger partial charge in [-0.05, 0) is 62.8 Å². The second-order valence-electron chi connectivity index (χ2n) is 7.19. The molecule has 0 heterocycles. The van der Waals surface area contributed by atoms with Crippen molar-refractivity contribution in [2.75, 3.05) is 6.54 Å². The molecule has 1 fully saturated rings. The molecule has 0 bridgehead atoms. The van der Waals surface area contributed by atoms with Crippen molar-refractivity contribution in [2.45, 2.75) is 84.6 Å². The van der Waals surface area contributed by atoms with Gasteiger partial charge in [-0.3, -0.25) is 4.79 Å². The fourth-order valence-corrected chi connectivity index (χ4v) is 3.65. The average molecular weight is 296 g/mol. The Kier molecular flexibility index (Phi) is 8.98. The summed E-state index contributed by atoms with van der Waals surface area (Å²) in [6.07, 6.45) is 10.3. The summed E-state index contributed by atoms with van der Waals surface area (Å²) >= 11 is 0. The van der Waals surface area contributed by atoms with Crippen molar-refractivity contribution < 1.29 is 4.79 Å². The lowest BCUT2D eigenvalue weighted by molar-refractivity contribution is -0.122. The third-order valence-electron chi connectivity index (χ3n) is 5.13. The smallest absolute Gasteiger partial charge is 0.220 e. The van der Waals surface area contributed by atoms with E-state index in [0.29, 0.717) is 24.3 Å². The van der Waals surface area contributed by atoms with Gasteiger partial charge < -0.3 is 11.1 Å². The molecule has 0 aromatic rings. The van der Waals surface area contributed by atoms with E-state index in [9.17, 15) is 4.79 Å². The van der Waals surface area contributed by atoms with Gasteiger partial charge in [0.15, 0.2) is 0 Å². The van der Waals surface area contributed by atoms with Crippen LogP contribution in [-0.4, -0.2) is 18.5 Å². The highest BCUT2D eigenvalue weighted by Gasteiger charge is 2.22. The van der Waals surface area contributed by atoms with Crippen LogP contribution in [0.4, 0.5) is 0 Å². The van der Waals surface area contributed by atoms with Crippen molar-refractivity contribution in [3.63, 3.8) is 0 Å². The summed E-state index contributed by atoms with van der Waals surface area (Å²) in [5, 5.41) is 3.25. The Hall–Kier alpha value is -0.570. The number of rotatable bonds is 9. The Labute approximate surface area is 131 Å². The van der Waals surface area contributed by atoms with Crippen molar-refractivity contribution in [1.82, 2.24) is 5.32 Å². The van der Waals surface area contributed by atoms with Crippen LogP contribution in [0.15, 0.2) is 0 Å². The van der Waals surface area contributed by atoms with E-state index < -0.39 is 0 Å². The van der Waals surface area contributed by atoms with Crippen LogP contribution in [0, 0.1) is 17.8 Å². The molecule has 1 saturated carbocycles. The standard InChI is InChI=1S/C18H36N2O/c1-4-5-15-6-9-17(10-7-15)20-18(21)11-8-16(12-13-19)14(2)3/h14-17H,4-13,19H2,1-3H3,(H,20,21). The number of nitrogens with two attached hydrogens (primary N) is 1. The highest BCUT2D eigenvalue weighted by Crippen LogP contribution is 2.28. The molecule has 3 N–H and O–H groups in total. The summed E-state index contributed by atoms with van der Waals surface area (Å²) in [6.45, 7) is 7.45. The quantitative estimate of drug-likeness (QED) is 0.679. The number of carbonyl (C=O) groups is 1. The molecule has 1 aliphatic rings.